The fourth-order valence-corrected chi connectivity index (χ4v) is 3.88. The van der Waals surface area contributed by atoms with Crippen LogP contribution in [0.2, 0.25) is 0 Å². The summed E-state index contributed by atoms with van der Waals surface area (Å²) < 4.78 is 13.0. The first-order valence-corrected chi connectivity index (χ1v) is 10.4. The first-order valence-electron chi connectivity index (χ1n) is 9.38. The molecule has 156 valence electrons. The fourth-order valence-electron chi connectivity index (χ4n) is 2.94. The fraction of sp³-hybridized carbons (Fsp3) is 0.0909. The van der Waals surface area contributed by atoms with Crippen molar-refractivity contribution in [2.24, 2.45) is 5.73 Å². The number of thioether (sulfide) groups is 1. The molecule has 1 unspecified atom stereocenters. The van der Waals surface area contributed by atoms with Gasteiger partial charge in [-0.15, -0.1) is 11.8 Å². The SMILES string of the molecule is NC(=O)C(CSc1ccc(F)cc1)NC(=O)c1ccc2nc(-c3ccncc3)[nH]c2c1. The summed E-state index contributed by atoms with van der Waals surface area (Å²) in [5.74, 6) is -0.521. The number of aromatic amines is 1. The molecule has 1 atom stereocenters. The molecule has 4 N–H and O–H groups in total. The lowest BCUT2D eigenvalue weighted by molar-refractivity contribution is -0.119. The van der Waals surface area contributed by atoms with Gasteiger partial charge in [-0.25, -0.2) is 9.37 Å². The third-order valence-electron chi connectivity index (χ3n) is 4.58. The molecular weight excluding hydrogens is 417 g/mol. The number of primary amides is 1. The highest BCUT2D eigenvalue weighted by molar-refractivity contribution is 7.99. The zero-order chi connectivity index (χ0) is 21.8. The Morgan fingerprint density at radius 2 is 1.84 bits per heavy atom. The molecule has 0 aliphatic carbocycles. The molecule has 0 radical (unpaired) electrons. The quantitative estimate of drug-likeness (QED) is 0.386. The van der Waals surface area contributed by atoms with Crippen molar-refractivity contribution < 1.29 is 14.0 Å². The van der Waals surface area contributed by atoms with E-state index in [-0.39, 0.29) is 11.6 Å². The molecule has 0 fully saturated rings. The van der Waals surface area contributed by atoms with E-state index in [4.69, 9.17) is 5.73 Å². The number of hydrogen-bond donors (Lipinski definition) is 3. The first-order chi connectivity index (χ1) is 15.0. The molecule has 4 rings (SSSR count). The molecule has 0 bridgehead atoms. The zero-order valence-electron chi connectivity index (χ0n) is 16.2. The van der Waals surface area contributed by atoms with E-state index < -0.39 is 17.9 Å². The smallest absolute Gasteiger partial charge is 0.252 e. The number of fused-ring (bicyclic) bond motifs is 1. The summed E-state index contributed by atoms with van der Waals surface area (Å²) in [4.78, 5) is 37.0. The van der Waals surface area contributed by atoms with Crippen molar-refractivity contribution in [3.05, 3.63) is 78.4 Å². The van der Waals surface area contributed by atoms with Gasteiger partial charge in [0.2, 0.25) is 5.91 Å². The monoisotopic (exact) mass is 435 g/mol. The van der Waals surface area contributed by atoms with Gasteiger partial charge in [-0.3, -0.25) is 14.6 Å². The van der Waals surface area contributed by atoms with Crippen molar-refractivity contribution in [1.29, 1.82) is 0 Å². The Morgan fingerprint density at radius 1 is 1.10 bits per heavy atom. The second-order valence-electron chi connectivity index (χ2n) is 6.75. The van der Waals surface area contributed by atoms with Crippen molar-refractivity contribution in [2.45, 2.75) is 10.9 Å². The maximum absolute atomic E-state index is 13.0. The number of benzene rings is 2. The van der Waals surface area contributed by atoms with Gasteiger partial charge < -0.3 is 16.0 Å². The standard InChI is InChI=1S/C22H18FN5O2S/c23-15-2-4-16(5-3-15)31-12-19(20(24)29)28-22(30)14-1-6-17-18(11-14)27-21(26-17)13-7-9-25-10-8-13/h1-11,19H,12H2,(H2,24,29)(H,26,27)(H,28,30). The predicted molar refractivity (Wildman–Crippen MR) is 117 cm³/mol. The lowest BCUT2D eigenvalue weighted by Gasteiger charge is -2.15. The van der Waals surface area contributed by atoms with Crippen LogP contribution in [0.4, 0.5) is 4.39 Å². The van der Waals surface area contributed by atoms with Crippen molar-refractivity contribution in [3.63, 3.8) is 0 Å². The van der Waals surface area contributed by atoms with Gasteiger partial charge in [-0.05, 0) is 54.6 Å². The average molecular weight is 435 g/mol. The third kappa shape index (κ3) is 4.89. The minimum Gasteiger partial charge on any atom is -0.368 e. The second kappa shape index (κ2) is 8.97. The molecular formula is C22H18FN5O2S. The molecule has 0 aliphatic heterocycles. The zero-order valence-corrected chi connectivity index (χ0v) is 17.0. The van der Waals surface area contributed by atoms with Crippen LogP contribution in [-0.2, 0) is 4.79 Å². The maximum Gasteiger partial charge on any atom is 0.252 e. The van der Waals surface area contributed by atoms with Gasteiger partial charge in [0, 0.05) is 34.2 Å². The molecule has 0 spiro atoms. The summed E-state index contributed by atoms with van der Waals surface area (Å²) in [6.07, 6.45) is 3.35. The lowest BCUT2D eigenvalue weighted by Crippen LogP contribution is -2.46. The van der Waals surface area contributed by atoms with Crippen LogP contribution < -0.4 is 11.1 Å². The van der Waals surface area contributed by atoms with Crippen molar-refractivity contribution in [3.8, 4) is 11.4 Å². The number of nitrogens with two attached hydrogens (primary N) is 1. The number of carbonyl (C=O) groups excluding carboxylic acids is 2. The molecule has 2 aromatic carbocycles. The Kier molecular flexibility index (Phi) is 5.94. The van der Waals surface area contributed by atoms with Crippen LogP contribution in [-0.4, -0.2) is 38.6 Å². The number of imidazole rings is 1. The van der Waals surface area contributed by atoms with Gasteiger partial charge in [0.05, 0.1) is 11.0 Å². The molecule has 7 nitrogen and oxygen atoms in total. The minimum absolute atomic E-state index is 0.227. The largest absolute Gasteiger partial charge is 0.368 e. The van der Waals surface area contributed by atoms with Crippen LogP contribution in [0.1, 0.15) is 10.4 Å². The number of halogens is 1. The second-order valence-corrected chi connectivity index (χ2v) is 7.84. The highest BCUT2D eigenvalue weighted by Gasteiger charge is 2.20. The number of amides is 2. The molecule has 0 saturated heterocycles. The number of nitrogens with one attached hydrogen (secondary N) is 2. The maximum atomic E-state index is 13.0. The predicted octanol–water partition coefficient (Wildman–Crippen LogP) is 3.14. The number of pyridine rings is 1. The van der Waals surface area contributed by atoms with Crippen LogP contribution in [0, 0.1) is 5.82 Å². The van der Waals surface area contributed by atoms with Crippen LogP contribution in [0.25, 0.3) is 22.4 Å². The highest BCUT2D eigenvalue weighted by atomic mass is 32.2. The number of aromatic nitrogens is 3. The van der Waals surface area contributed by atoms with Gasteiger partial charge >= 0.3 is 0 Å². The van der Waals surface area contributed by atoms with E-state index in [1.54, 1.807) is 42.7 Å². The molecule has 4 aromatic rings. The number of H-pyrrole nitrogens is 1. The summed E-state index contributed by atoms with van der Waals surface area (Å²) in [6, 6.07) is 13.7. The summed E-state index contributed by atoms with van der Waals surface area (Å²) >= 11 is 1.30. The van der Waals surface area contributed by atoms with E-state index in [2.05, 4.69) is 20.3 Å². The van der Waals surface area contributed by atoms with Crippen molar-refractivity contribution in [2.75, 3.05) is 5.75 Å². The topological polar surface area (TPSA) is 114 Å². The van der Waals surface area contributed by atoms with Crippen LogP contribution in [0.3, 0.4) is 0 Å². The summed E-state index contributed by atoms with van der Waals surface area (Å²) in [5.41, 5.74) is 8.11. The molecule has 0 saturated carbocycles. The average Bonchev–Trinajstić information content (AvgIpc) is 3.21. The van der Waals surface area contributed by atoms with E-state index in [1.807, 2.05) is 12.1 Å². The first kappa shape index (κ1) is 20.5. The van der Waals surface area contributed by atoms with Crippen LogP contribution in [0.5, 0.6) is 0 Å². The summed E-state index contributed by atoms with van der Waals surface area (Å²) in [7, 11) is 0. The number of hydrogen-bond acceptors (Lipinski definition) is 5. The van der Waals surface area contributed by atoms with E-state index in [0.29, 0.717) is 22.4 Å². The highest BCUT2D eigenvalue weighted by Crippen LogP contribution is 2.22. The van der Waals surface area contributed by atoms with Crippen LogP contribution in [0.15, 0.2) is 71.9 Å². The lowest BCUT2D eigenvalue weighted by atomic mass is 10.1. The van der Waals surface area contributed by atoms with Crippen molar-refractivity contribution >= 4 is 34.6 Å². The normalized spacial score (nSPS) is 11.9. The third-order valence-corrected chi connectivity index (χ3v) is 5.68. The molecule has 0 aliphatic rings. The Morgan fingerprint density at radius 3 is 2.55 bits per heavy atom. The van der Waals surface area contributed by atoms with Gasteiger partial charge in [0.1, 0.15) is 17.7 Å². The number of rotatable bonds is 7. The Bertz CT molecular complexity index is 1230. The van der Waals surface area contributed by atoms with E-state index in [0.717, 1.165) is 10.5 Å². The van der Waals surface area contributed by atoms with E-state index in [9.17, 15) is 14.0 Å². The minimum atomic E-state index is -0.882. The Hall–Kier alpha value is -3.72. The van der Waals surface area contributed by atoms with E-state index >= 15 is 0 Å². The van der Waals surface area contributed by atoms with Crippen molar-refractivity contribution in [1.82, 2.24) is 20.3 Å². The van der Waals surface area contributed by atoms with Gasteiger partial charge in [-0.2, -0.15) is 0 Å². The van der Waals surface area contributed by atoms with Gasteiger partial charge in [-0.1, -0.05) is 0 Å². The van der Waals surface area contributed by atoms with E-state index in [1.165, 1.54) is 23.9 Å². The summed E-state index contributed by atoms with van der Waals surface area (Å²) in [5, 5.41) is 2.67. The molecule has 9 heteroatoms. The summed E-state index contributed by atoms with van der Waals surface area (Å²) in [6.45, 7) is 0. The Balaban J connectivity index is 1.47. The molecule has 31 heavy (non-hydrogen) atoms. The Labute approximate surface area is 181 Å². The van der Waals surface area contributed by atoms with Gasteiger partial charge in [0.15, 0.2) is 0 Å². The number of nitrogens with zero attached hydrogens (tertiary/aromatic N) is 2. The molecule has 2 aromatic heterocycles. The van der Waals surface area contributed by atoms with Gasteiger partial charge in [0.25, 0.3) is 5.91 Å². The molecule has 2 amide bonds. The van der Waals surface area contributed by atoms with Crippen LogP contribution >= 0.6 is 11.8 Å². The number of carbonyl (C=O) groups is 2. The molecule has 2 heterocycles.